The molecule has 0 saturated carbocycles. The van der Waals surface area contributed by atoms with Crippen molar-refractivity contribution >= 4 is 18.3 Å². The van der Waals surface area contributed by atoms with Crippen LogP contribution in [0.2, 0.25) is 0 Å². The molecule has 1 fully saturated rings. The second-order valence-corrected chi connectivity index (χ2v) is 5.62. The van der Waals surface area contributed by atoms with Gasteiger partial charge in [-0.05, 0) is 40.2 Å². The summed E-state index contributed by atoms with van der Waals surface area (Å²) in [5.74, 6) is 0.305. The Morgan fingerprint density at radius 1 is 1.60 bits per heavy atom. The SMILES string of the molecule is Cc1c(C(C)NC(=O)[C@H]2CCN[C@@H](C)C2)cnn1C.Cl. The molecule has 0 radical (unpaired) electrons. The lowest BCUT2D eigenvalue weighted by Crippen LogP contribution is -2.43. The molecular formula is C14H25ClN4O. The zero-order valence-corrected chi connectivity index (χ0v) is 13.5. The first-order chi connectivity index (χ1) is 8.99. The number of amides is 1. The Kier molecular flexibility index (Phi) is 6.02. The van der Waals surface area contributed by atoms with E-state index in [1.165, 1.54) is 0 Å². The summed E-state index contributed by atoms with van der Waals surface area (Å²) in [5.41, 5.74) is 2.20. The summed E-state index contributed by atoms with van der Waals surface area (Å²) in [6, 6.07) is 0.450. The van der Waals surface area contributed by atoms with Gasteiger partial charge in [-0.1, -0.05) is 0 Å². The largest absolute Gasteiger partial charge is 0.349 e. The summed E-state index contributed by atoms with van der Waals surface area (Å²) in [4.78, 5) is 12.3. The van der Waals surface area contributed by atoms with E-state index in [0.29, 0.717) is 6.04 Å². The Bertz CT molecular complexity index is 460. The van der Waals surface area contributed by atoms with E-state index < -0.39 is 0 Å². The average Bonchev–Trinajstić information content (AvgIpc) is 2.70. The molecule has 1 aromatic heterocycles. The van der Waals surface area contributed by atoms with Crippen LogP contribution in [0.3, 0.4) is 0 Å². The number of nitrogens with zero attached hydrogens (tertiary/aromatic N) is 2. The molecule has 20 heavy (non-hydrogen) atoms. The molecular weight excluding hydrogens is 276 g/mol. The second kappa shape index (κ2) is 7.09. The fourth-order valence-corrected chi connectivity index (χ4v) is 2.72. The van der Waals surface area contributed by atoms with Crippen molar-refractivity contribution in [1.82, 2.24) is 20.4 Å². The van der Waals surface area contributed by atoms with Gasteiger partial charge in [0.05, 0.1) is 12.2 Å². The van der Waals surface area contributed by atoms with Gasteiger partial charge in [0.25, 0.3) is 0 Å². The van der Waals surface area contributed by atoms with E-state index in [0.717, 1.165) is 30.6 Å². The number of carbonyl (C=O) groups excluding carboxylic acids is 1. The van der Waals surface area contributed by atoms with Crippen LogP contribution in [-0.4, -0.2) is 28.3 Å². The van der Waals surface area contributed by atoms with Crippen LogP contribution >= 0.6 is 12.4 Å². The zero-order valence-electron chi connectivity index (χ0n) is 12.6. The highest BCUT2D eigenvalue weighted by Gasteiger charge is 2.26. The van der Waals surface area contributed by atoms with E-state index in [4.69, 9.17) is 0 Å². The molecule has 2 heterocycles. The summed E-state index contributed by atoms with van der Waals surface area (Å²) in [6.45, 7) is 7.11. The molecule has 1 aliphatic heterocycles. The summed E-state index contributed by atoms with van der Waals surface area (Å²) in [7, 11) is 1.92. The predicted molar refractivity (Wildman–Crippen MR) is 81.9 cm³/mol. The topological polar surface area (TPSA) is 59.0 Å². The van der Waals surface area contributed by atoms with Gasteiger partial charge in [0.2, 0.25) is 5.91 Å². The first-order valence-corrected chi connectivity index (χ1v) is 7.01. The van der Waals surface area contributed by atoms with E-state index >= 15 is 0 Å². The molecule has 1 aromatic rings. The lowest BCUT2D eigenvalue weighted by molar-refractivity contribution is -0.126. The first-order valence-electron chi connectivity index (χ1n) is 7.01. The standard InChI is InChI=1S/C14H24N4O.ClH/c1-9-7-12(5-6-15-9)14(19)17-10(2)13-8-16-18(4)11(13)3;/h8-10,12,15H,5-7H2,1-4H3,(H,17,19);1H/t9-,10?,12-;/m0./s1. The van der Waals surface area contributed by atoms with Crippen molar-refractivity contribution in [2.45, 2.75) is 45.7 Å². The van der Waals surface area contributed by atoms with Gasteiger partial charge in [-0.25, -0.2) is 0 Å². The fourth-order valence-electron chi connectivity index (χ4n) is 2.72. The van der Waals surface area contributed by atoms with Crippen molar-refractivity contribution in [3.63, 3.8) is 0 Å². The van der Waals surface area contributed by atoms with E-state index in [1.807, 2.05) is 31.8 Å². The van der Waals surface area contributed by atoms with Gasteiger partial charge in [-0.3, -0.25) is 9.48 Å². The van der Waals surface area contributed by atoms with Crippen LogP contribution in [0.15, 0.2) is 6.20 Å². The molecule has 0 aromatic carbocycles. The quantitative estimate of drug-likeness (QED) is 0.893. The minimum absolute atomic E-state index is 0. The average molecular weight is 301 g/mol. The van der Waals surface area contributed by atoms with Gasteiger partial charge in [0.15, 0.2) is 0 Å². The predicted octanol–water partition coefficient (Wildman–Crippen LogP) is 1.72. The highest BCUT2D eigenvalue weighted by Crippen LogP contribution is 2.20. The monoisotopic (exact) mass is 300 g/mol. The van der Waals surface area contributed by atoms with Crippen LogP contribution in [0.25, 0.3) is 0 Å². The normalized spacial score (nSPS) is 23.8. The van der Waals surface area contributed by atoms with Gasteiger partial charge >= 0.3 is 0 Å². The van der Waals surface area contributed by atoms with Gasteiger partial charge in [-0.2, -0.15) is 5.10 Å². The maximum Gasteiger partial charge on any atom is 0.223 e. The molecule has 0 bridgehead atoms. The van der Waals surface area contributed by atoms with Crippen LogP contribution in [0, 0.1) is 12.8 Å². The van der Waals surface area contributed by atoms with Gasteiger partial charge in [0, 0.05) is 30.3 Å². The maximum absolute atomic E-state index is 12.3. The van der Waals surface area contributed by atoms with Crippen LogP contribution in [0.5, 0.6) is 0 Å². The number of carbonyl (C=O) groups is 1. The molecule has 1 unspecified atom stereocenters. The summed E-state index contributed by atoms with van der Waals surface area (Å²) >= 11 is 0. The van der Waals surface area contributed by atoms with E-state index in [9.17, 15) is 4.79 Å². The lowest BCUT2D eigenvalue weighted by Gasteiger charge is -2.28. The third-order valence-electron chi connectivity index (χ3n) is 4.09. The molecule has 3 atom stereocenters. The molecule has 2 N–H and O–H groups in total. The Balaban J connectivity index is 0.00000200. The summed E-state index contributed by atoms with van der Waals surface area (Å²) in [6.07, 6.45) is 3.69. The number of hydrogen-bond donors (Lipinski definition) is 2. The lowest BCUT2D eigenvalue weighted by atomic mass is 9.92. The molecule has 5 nitrogen and oxygen atoms in total. The van der Waals surface area contributed by atoms with Crippen LogP contribution < -0.4 is 10.6 Å². The highest BCUT2D eigenvalue weighted by atomic mass is 35.5. The van der Waals surface area contributed by atoms with E-state index in [1.54, 1.807) is 0 Å². The van der Waals surface area contributed by atoms with Crippen molar-refractivity contribution < 1.29 is 4.79 Å². The van der Waals surface area contributed by atoms with E-state index in [-0.39, 0.29) is 30.3 Å². The minimum atomic E-state index is 0. The van der Waals surface area contributed by atoms with Crippen LogP contribution in [-0.2, 0) is 11.8 Å². The molecule has 1 amide bonds. The van der Waals surface area contributed by atoms with Crippen molar-refractivity contribution in [2.75, 3.05) is 6.54 Å². The Hall–Kier alpha value is -1.07. The first kappa shape index (κ1) is 17.0. The number of aromatic nitrogens is 2. The Morgan fingerprint density at radius 2 is 2.30 bits per heavy atom. The molecule has 2 rings (SSSR count). The molecule has 114 valence electrons. The molecule has 1 aliphatic rings. The van der Waals surface area contributed by atoms with Gasteiger partial charge in [-0.15, -0.1) is 12.4 Å². The second-order valence-electron chi connectivity index (χ2n) is 5.62. The fraction of sp³-hybridized carbons (Fsp3) is 0.714. The summed E-state index contributed by atoms with van der Waals surface area (Å²) in [5, 5.41) is 10.7. The molecule has 0 spiro atoms. The number of piperidine rings is 1. The smallest absolute Gasteiger partial charge is 0.223 e. The number of aryl methyl sites for hydroxylation is 1. The molecule has 1 saturated heterocycles. The van der Waals surface area contributed by atoms with Crippen molar-refractivity contribution in [3.05, 3.63) is 17.5 Å². The molecule has 6 heteroatoms. The van der Waals surface area contributed by atoms with Crippen LogP contribution in [0.1, 0.15) is 44.0 Å². The highest BCUT2D eigenvalue weighted by molar-refractivity contribution is 5.85. The van der Waals surface area contributed by atoms with Crippen molar-refractivity contribution in [3.8, 4) is 0 Å². The summed E-state index contributed by atoms with van der Waals surface area (Å²) < 4.78 is 1.84. The van der Waals surface area contributed by atoms with Gasteiger partial charge in [0.1, 0.15) is 0 Å². The van der Waals surface area contributed by atoms with Gasteiger partial charge < -0.3 is 10.6 Å². The number of halogens is 1. The minimum Gasteiger partial charge on any atom is -0.349 e. The number of rotatable bonds is 3. The molecule has 0 aliphatic carbocycles. The Morgan fingerprint density at radius 3 is 2.85 bits per heavy atom. The van der Waals surface area contributed by atoms with Crippen molar-refractivity contribution in [2.24, 2.45) is 13.0 Å². The number of hydrogen-bond acceptors (Lipinski definition) is 3. The Labute approximate surface area is 126 Å². The number of nitrogens with one attached hydrogen (secondary N) is 2. The van der Waals surface area contributed by atoms with E-state index in [2.05, 4.69) is 22.7 Å². The maximum atomic E-state index is 12.3. The third-order valence-corrected chi connectivity index (χ3v) is 4.09. The van der Waals surface area contributed by atoms with Crippen molar-refractivity contribution in [1.29, 1.82) is 0 Å². The zero-order chi connectivity index (χ0) is 14.0. The van der Waals surface area contributed by atoms with Crippen LogP contribution in [0.4, 0.5) is 0 Å². The third kappa shape index (κ3) is 3.73.